The minimum atomic E-state index is 0.682. The highest BCUT2D eigenvalue weighted by Crippen LogP contribution is 2.12. The quantitative estimate of drug-likeness (QED) is 0.579. The van der Waals surface area contributed by atoms with Crippen LogP contribution in [-0.2, 0) is 26.2 Å². The fourth-order valence-corrected chi connectivity index (χ4v) is 3.49. The van der Waals surface area contributed by atoms with E-state index in [1.807, 2.05) is 10.7 Å². The third-order valence-corrected chi connectivity index (χ3v) is 5.03. The summed E-state index contributed by atoms with van der Waals surface area (Å²) in [5.41, 5.74) is 3.90. The molecule has 2 aromatic carbocycles. The highest BCUT2D eigenvalue weighted by atomic mass is 32.1. The molecule has 136 valence electrons. The summed E-state index contributed by atoms with van der Waals surface area (Å²) in [6, 6.07) is 18.9. The molecule has 0 bridgehead atoms. The van der Waals surface area contributed by atoms with E-state index in [0.717, 1.165) is 30.1 Å². The van der Waals surface area contributed by atoms with Crippen molar-refractivity contribution in [3.8, 4) is 0 Å². The predicted molar refractivity (Wildman–Crippen MR) is 109 cm³/mol. The van der Waals surface area contributed by atoms with Crippen molar-refractivity contribution < 1.29 is 0 Å². The lowest BCUT2D eigenvalue weighted by atomic mass is 10.1. The molecule has 0 spiro atoms. The maximum Gasteiger partial charge on any atom is 0.199 e. The van der Waals surface area contributed by atoms with E-state index in [0.29, 0.717) is 6.67 Å². The van der Waals surface area contributed by atoms with Gasteiger partial charge in [0.25, 0.3) is 0 Å². The van der Waals surface area contributed by atoms with Crippen molar-refractivity contribution in [3.63, 3.8) is 0 Å². The molecule has 0 amide bonds. The van der Waals surface area contributed by atoms with Gasteiger partial charge in [-0.1, -0.05) is 54.6 Å². The van der Waals surface area contributed by atoms with Gasteiger partial charge in [0.2, 0.25) is 0 Å². The van der Waals surface area contributed by atoms with Crippen LogP contribution in [0, 0.1) is 11.7 Å². The van der Waals surface area contributed by atoms with E-state index in [4.69, 9.17) is 17.3 Å². The summed E-state index contributed by atoms with van der Waals surface area (Å²) in [7, 11) is 2.11. The maximum atomic E-state index is 5.67. The highest BCUT2D eigenvalue weighted by Gasteiger charge is 2.12. The van der Waals surface area contributed by atoms with E-state index in [2.05, 4.69) is 78.9 Å². The summed E-state index contributed by atoms with van der Waals surface area (Å²) in [4.78, 5) is 2.25. The lowest BCUT2D eigenvalue weighted by Gasteiger charge is -2.17. The van der Waals surface area contributed by atoms with E-state index in [1.165, 1.54) is 16.7 Å². The van der Waals surface area contributed by atoms with Crippen molar-refractivity contribution in [2.45, 2.75) is 40.0 Å². The Kier molecular flexibility index (Phi) is 6.01. The first-order valence-electron chi connectivity index (χ1n) is 9.02. The Bertz CT molecular complexity index is 911. The molecule has 0 aliphatic carbocycles. The SMILES string of the molecule is CCn1c(Cc2ccccc2)nn(CN(C)Cc2ccccc2C)c1=S. The van der Waals surface area contributed by atoms with Crippen LogP contribution in [0.3, 0.4) is 0 Å². The van der Waals surface area contributed by atoms with E-state index in [9.17, 15) is 0 Å². The Morgan fingerprint density at radius 2 is 1.73 bits per heavy atom. The largest absolute Gasteiger partial charge is 0.304 e. The first-order chi connectivity index (χ1) is 12.6. The van der Waals surface area contributed by atoms with Crippen LogP contribution in [0.1, 0.15) is 29.4 Å². The molecular formula is C21H26N4S. The Balaban J connectivity index is 1.77. The topological polar surface area (TPSA) is 26.0 Å². The summed E-state index contributed by atoms with van der Waals surface area (Å²) in [5.74, 6) is 1.02. The van der Waals surface area contributed by atoms with Gasteiger partial charge in [-0.05, 0) is 49.8 Å². The lowest BCUT2D eigenvalue weighted by Crippen LogP contribution is -2.23. The molecule has 3 rings (SSSR count). The second-order valence-corrected chi connectivity index (χ2v) is 7.05. The van der Waals surface area contributed by atoms with Crippen LogP contribution in [0.2, 0.25) is 0 Å². The van der Waals surface area contributed by atoms with E-state index in [1.54, 1.807) is 0 Å². The van der Waals surface area contributed by atoms with Crippen molar-refractivity contribution >= 4 is 12.2 Å². The number of hydrogen-bond acceptors (Lipinski definition) is 3. The third kappa shape index (κ3) is 4.29. The summed E-state index contributed by atoms with van der Waals surface area (Å²) in [6.07, 6.45) is 0.798. The summed E-state index contributed by atoms with van der Waals surface area (Å²) in [6.45, 7) is 6.66. The number of benzene rings is 2. The van der Waals surface area contributed by atoms with Crippen molar-refractivity contribution in [2.24, 2.45) is 0 Å². The zero-order valence-electron chi connectivity index (χ0n) is 15.7. The van der Waals surface area contributed by atoms with Crippen LogP contribution in [0.25, 0.3) is 0 Å². The van der Waals surface area contributed by atoms with Crippen LogP contribution in [0.4, 0.5) is 0 Å². The minimum absolute atomic E-state index is 0.682. The number of nitrogens with zero attached hydrogens (tertiary/aromatic N) is 4. The van der Waals surface area contributed by atoms with E-state index in [-0.39, 0.29) is 0 Å². The fraction of sp³-hybridized carbons (Fsp3) is 0.333. The van der Waals surface area contributed by atoms with Crippen molar-refractivity contribution in [1.29, 1.82) is 0 Å². The van der Waals surface area contributed by atoms with Gasteiger partial charge < -0.3 is 4.57 Å². The molecule has 0 saturated heterocycles. The predicted octanol–water partition coefficient (Wildman–Crippen LogP) is 4.42. The standard InChI is InChI=1S/C21H26N4S/c1-4-24-20(14-18-11-6-5-7-12-18)22-25(21(24)26)16-23(3)15-19-13-9-8-10-17(19)2/h5-13H,4,14-16H2,1-3H3. The van der Waals surface area contributed by atoms with Crippen LogP contribution < -0.4 is 0 Å². The third-order valence-electron chi connectivity index (χ3n) is 4.60. The number of aryl methyl sites for hydroxylation is 1. The van der Waals surface area contributed by atoms with Gasteiger partial charge in [0, 0.05) is 19.5 Å². The van der Waals surface area contributed by atoms with Gasteiger partial charge in [-0.2, -0.15) is 5.10 Å². The molecule has 0 unspecified atom stereocenters. The van der Waals surface area contributed by atoms with Gasteiger partial charge in [-0.15, -0.1) is 0 Å². The molecule has 26 heavy (non-hydrogen) atoms. The van der Waals surface area contributed by atoms with Crippen LogP contribution in [-0.4, -0.2) is 26.3 Å². The maximum absolute atomic E-state index is 5.67. The molecule has 0 radical (unpaired) electrons. The smallest absolute Gasteiger partial charge is 0.199 e. The molecule has 4 nitrogen and oxygen atoms in total. The van der Waals surface area contributed by atoms with Gasteiger partial charge >= 0.3 is 0 Å². The van der Waals surface area contributed by atoms with Crippen LogP contribution in [0.15, 0.2) is 54.6 Å². The molecule has 0 aliphatic rings. The zero-order chi connectivity index (χ0) is 18.5. The van der Waals surface area contributed by atoms with Gasteiger partial charge in [-0.25, -0.2) is 4.68 Å². The summed E-state index contributed by atoms with van der Waals surface area (Å²) < 4.78 is 4.86. The van der Waals surface area contributed by atoms with Crippen LogP contribution >= 0.6 is 12.2 Å². The molecular weight excluding hydrogens is 340 g/mol. The molecule has 0 atom stereocenters. The van der Waals surface area contributed by atoms with Gasteiger partial charge in [-0.3, -0.25) is 4.90 Å². The van der Waals surface area contributed by atoms with Crippen molar-refractivity contribution in [3.05, 3.63) is 81.9 Å². The van der Waals surface area contributed by atoms with Crippen LogP contribution in [0.5, 0.6) is 0 Å². The Morgan fingerprint density at radius 1 is 1.04 bits per heavy atom. The molecule has 5 heteroatoms. The van der Waals surface area contributed by atoms with Gasteiger partial charge in [0.05, 0.1) is 6.67 Å². The summed E-state index contributed by atoms with van der Waals surface area (Å²) >= 11 is 5.67. The second kappa shape index (κ2) is 8.43. The molecule has 0 N–H and O–H groups in total. The molecule has 1 aromatic heterocycles. The normalized spacial score (nSPS) is 11.2. The molecule has 0 aliphatic heterocycles. The summed E-state index contributed by atoms with van der Waals surface area (Å²) in [5, 5.41) is 4.81. The Hall–Kier alpha value is -2.24. The number of rotatable bonds is 7. The van der Waals surface area contributed by atoms with Gasteiger partial charge in [0.15, 0.2) is 4.77 Å². The first-order valence-corrected chi connectivity index (χ1v) is 9.42. The molecule has 0 fully saturated rings. The average Bonchev–Trinajstić information content (AvgIpc) is 2.92. The van der Waals surface area contributed by atoms with E-state index < -0.39 is 0 Å². The zero-order valence-corrected chi connectivity index (χ0v) is 16.5. The monoisotopic (exact) mass is 366 g/mol. The number of aromatic nitrogens is 3. The fourth-order valence-electron chi connectivity index (χ4n) is 3.16. The lowest BCUT2D eigenvalue weighted by molar-refractivity contribution is 0.243. The van der Waals surface area contributed by atoms with Gasteiger partial charge in [0.1, 0.15) is 5.82 Å². The van der Waals surface area contributed by atoms with Crippen molar-refractivity contribution in [1.82, 2.24) is 19.2 Å². The minimum Gasteiger partial charge on any atom is -0.304 e. The Labute approximate surface area is 160 Å². The molecule has 0 saturated carbocycles. The Morgan fingerprint density at radius 3 is 2.42 bits per heavy atom. The van der Waals surface area contributed by atoms with Crippen molar-refractivity contribution in [2.75, 3.05) is 7.05 Å². The second-order valence-electron chi connectivity index (χ2n) is 6.69. The molecule has 3 aromatic rings. The van der Waals surface area contributed by atoms with E-state index >= 15 is 0 Å². The number of hydrogen-bond donors (Lipinski definition) is 0. The first kappa shape index (κ1) is 18.5. The average molecular weight is 367 g/mol. The highest BCUT2D eigenvalue weighted by molar-refractivity contribution is 7.71. The molecule has 1 heterocycles.